The van der Waals surface area contributed by atoms with E-state index in [1.54, 1.807) is 40.9 Å². The molecule has 1 aromatic carbocycles. The molecule has 28 heavy (non-hydrogen) atoms. The first-order chi connectivity index (χ1) is 13.6. The number of nitrogens with zero attached hydrogens (tertiary/aromatic N) is 3. The van der Waals surface area contributed by atoms with E-state index >= 15 is 0 Å². The summed E-state index contributed by atoms with van der Waals surface area (Å²) in [5, 5.41) is 13.1. The van der Waals surface area contributed by atoms with Crippen LogP contribution in [0.4, 0.5) is 5.13 Å². The molecule has 0 aliphatic carbocycles. The predicted octanol–water partition coefficient (Wildman–Crippen LogP) is 3.76. The number of thioether (sulfide) groups is 1. The number of thiazole rings is 1. The number of hydrogen-bond donors (Lipinski definition) is 3. The molecule has 3 N–H and O–H groups in total. The third-order valence-electron chi connectivity index (χ3n) is 3.76. The van der Waals surface area contributed by atoms with Gasteiger partial charge in [0.15, 0.2) is 10.3 Å². The average Bonchev–Trinajstić information content (AvgIpc) is 3.12. The van der Waals surface area contributed by atoms with Crippen molar-refractivity contribution < 1.29 is 10.0 Å². The van der Waals surface area contributed by atoms with Crippen LogP contribution in [0.5, 0.6) is 0 Å². The molecule has 2 heterocycles. The van der Waals surface area contributed by atoms with Crippen molar-refractivity contribution in [2.75, 3.05) is 12.4 Å². The number of hydrogen-bond acceptors (Lipinski definition) is 8. The Labute approximate surface area is 170 Å². The van der Waals surface area contributed by atoms with Gasteiger partial charge in [0.25, 0.3) is 5.91 Å². The summed E-state index contributed by atoms with van der Waals surface area (Å²) >= 11 is 3.13. The molecule has 0 fully saturated rings. The van der Waals surface area contributed by atoms with Crippen LogP contribution in [0.2, 0.25) is 0 Å². The van der Waals surface area contributed by atoms with Crippen LogP contribution in [-0.4, -0.2) is 33.1 Å². The van der Waals surface area contributed by atoms with Crippen LogP contribution in [-0.2, 0) is 10.5 Å². The Morgan fingerprint density at radius 3 is 2.71 bits per heavy atom. The third kappa shape index (κ3) is 5.16. The summed E-state index contributed by atoms with van der Waals surface area (Å²) in [6.07, 6.45) is 4.67. The van der Waals surface area contributed by atoms with Gasteiger partial charge in [-0.25, -0.2) is 20.4 Å². The van der Waals surface area contributed by atoms with Crippen LogP contribution >= 0.6 is 23.1 Å². The summed E-state index contributed by atoms with van der Waals surface area (Å²) in [7, 11) is 1.85. The molecule has 2 aromatic heterocycles. The number of carbonyl (C=O) groups is 1. The monoisotopic (exact) mass is 413 g/mol. The molecule has 0 aliphatic heterocycles. The average molecular weight is 414 g/mol. The van der Waals surface area contributed by atoms with Gasteiger partial charge in [-0.15, -0.1) is 0 Å². The SMILES string of the molecule is CNc1nc(C)c(-c2ccnc(SCc3ccc(C=CC(=O)NO)cc3)n2)s1. The lowest BCUT2D eigenvalue weighted by Gasteiger charge is -2.04. The highest BCUT2D eigenvalue weighted by Crippen LogP contribution is 2.32. The molecule has 144 valence electrons. The Bertz CT molecular complexity index is 986. The first kappa shape index (κ1) is 20.0. The number of aromatic nitrogens is 3. The van der Waals surface area contributed by atoms with Crippen molar-refractivity contribution in [2.45, 2.75) is 17.8 Å². The smallest absolute Gasteiger partial charge is 0.267 e. The molecular formula is C19H19N5O2S2. The van der Waals surface area contributed by atoms with Crippen LogP contribution < -0.4 is 10.8 Å². The van der Waals surface area contributed by atoms with Gasteiger partial charge in [0.1, 0.15) is 0 Å². The lowest BCUT2D eigenvalue weighted by atomic mass is 10.1. The minimum Gasteiger partial charge on any atom is -0.365 e. The van der Waals surface area contributed by atoms with Gasteiger partial charge in [-0.05, 0) is 30.2 Å². The fourth-order valence-corrected chi connectivity index (χ4v) is 4.04. The highest BCUT2D eigenvalue weighted by Gasteiger charge is 2.11. The van der Waals surface area contributed by atoms with Gasteiger partial charge >= 0.3 is 0 Å². The van der Waals surface area contributed by atoms with E-state index in [4.69, 9.17) is 5.21 Å². The maximum Gasteiger partial charge on any atom is 0.267 e. The summed E-state index contributed by atoms with van der Waals surface area (Å²) in [6.45, 7) is 1.97. The number of rotatable bonds is 7. The number of nitrogens with one attached hydrogen (secondary N) is 2. The fourth-order valence-electron chi connectivity index (χ4n) is 2.36. The number of carbonyl (C=O) groups excluding carboxylic acids is 1. The second kappa shape index (κ2) is 9.45. The van der Waals surface area contributed by atoms with Crippen LogP contribution in [0.1, 0.15) is 16.8 Å². The molecule has 0 saturated carbocycles. The molecule has 7 nitrogen and oxygen atoms in total. The molecule has 0 spiro atoms. The maximum absolute atomic E-state index is 11.0. The summed E-state index contributed by atoms with van der Waals surface area (Å²) in [5.74, 6) is 0.170. The van der Waals surface area contributed by atoms with Crippen molar-refractivity contribution in [1.82, 2.24) is 20.4 Å². The Balaban J connectivity index is 1.65. The standard InChI is InChI=1S/C19H19N5O2S2/c1-12-17(28-18(20-2)22-12)15-9-10-21-19(23-15)27-11-14-5-3-13(4-6-14)7-8-16(25)24-26/h3-10,26H,11H2,1-2H3,(H,20,22)(H,24,25). The zero-order valence-corrected chi connectivity index (χ0v) is 17.0. The van der Waals surface area contributed by atoms with Crippen LogP contribution in [0.25, 0.3) is 16.6 Å². The molecular weight excluding hydrogens is 394 g/mol. The first-order valence-corrected chi connectivity index (χ1v) is 10.2. The van der Waals surface area contributed by atoms with Crippen LogP contribution in [0.3, 0.4) is 0 Å². The molecule has 0 radical (unpaired) electrons. The molecule has 0 aliphatic rings. The van der Waals surface area contributed by atoms with E-state index in [1.807, 2.05) is 44.3 Å². The first-order valence-electron chi connectivity index (χ1n) is 8.41. The molecule has 0 bridgehead atoms. The molecule has 0 unspecified atom stereocenters. The zero-order valence-electron chi connectivity index (χ0n) is 15.3. The van der Waals surface area contributed by atoms with E-state index in [2.05, 4.69) is 20.3 Å². The predicted molar refractivity (Wildman–Crippen MR) is 112 cm³/mol. The Morgan fingerprint density at radius 1 is 1.25 bits per heavy atom. The minimum atomic E-state index is -0.560. The van der Waals surface area contributed by atoms with E-state index in [0.29, 0.717) is 5.16 Å². The quantitative estimate of drug-likeness (QED) is 0.178. The van der Waals surface area contributed by atoms with Gasteiger partial charge in [0.2, 0.25) is 0 Å². The number of hydroxylamine groups is 1. The van der Waals surface area contributed by atoms with Gasteiger partial charge in [0.05, 0.1) is 16.3 Å². The minimum absolute atomic E-state index is 0.560. The highest BCUT2D eigenvalue weighted by molar-refractivity contribution is 7.98. The largest absolute Gasteiger partial charge is 0.365 e. The van der Waals surface area contributed by atoms with Crippen LogP contribution in [0, 0.1) is 6.92 Å². The van der Waals surface area contributed by atoms with Crippen molar-refractivity contribution >= 4 is 40.2 Å². The lowest BCUT2D eigenvalue weighted by Crippen LogP contribution is -2.14. The fraction of sp³-hybridized carbons (Fsp3) is 0.158. The van der Waals surface area contributed by atoms with E-state index < -0.39 is 5.91 Å². The van der Waals surface area contributed by atoms with E-state index in [-0.39, 0.29) is 0 Å². The van der Waals surface area contributed by atoms with Gasteiger partial charge in [-0.1, -0.05) is 47.4 Å². The number of benzene rings is 1. The maximum atomic E-state index is 11.0. The van der Waals surface area contributed by atoms with E-state index in [0.717, 1.165) is 38.3 Å². The van der Waals surface area contributed by atoms with Crippen molar-refractivity contribution in [3.8, 4) is 10.6 Å². The van der Waals surface area contributed by atoms with Gasteiger partial charge < -0.3 is 5.32 Å². The molecule has 0 atom stereocenters. The third-order valence-corrected chi connectivity index (χ3v) is 5.89. The Kier molecular flexibility index (Phi) is 6.75. The molecule has 0 saturated heterocycles. The summed E-state index contributed by atoms with van der Waals surface area (Å²) in [4.78, 5) is 25.5. The second-order valence-corrected chi connectivity index (χ2v) is 7.69. The van der Waals surface area contributed by atoms with Crippen molar-refractivity contribution in [2.24, 2.45) is 0 Å². The number of amides is 1. The topological polar surface area (TPSA) is 100 Å². The van der Waals surface area contributed by atoms with Gasteiger partial charge in [-0.2, -0.15) is 0 Å². The van der Waals surface area contributed by atoms with E-state index in [9.17, 15) is 4.79 Å². The summed E-state index contributed by atoms with van der Waals surface area (Å²) in [6, 6.07) is 9.69. The number of anilines is 1. The van der Waals surface area contributed by atoms with E-state index in [1.165, 1.54) is 6.08 Å². The van der Waals surface area contributed by atoms with Gasteiger partial charge in [-0.3, -0.25) is 10.0 Å². The van der Waals surface area contributed by atoms with Crippen molar-refractivity contribution in [3.63, 3.8) is 0 Å². The van der Waals surface area contributed by atoms with Crippen molar-refractivity contribution in [1.29, 1.82) is 0 Å². The second-order valence-electron chi connectivity index (χ2n) is 5.75. The van der Waals surface area contributed by atoms with Gasteiger partial charge in [0, 0.05) is 25.1 Å². The molecule has 3 aromatic rings. The number of aryl methyl sites for hydroxylation is 1. The Morgan fingerprint density at radius 2 is 2.04 bits per heavy atom. The summed E-state index contributed by atoms with van der Waals surface area (Å²) in [5.41, 5.74) is 5.37. The normalized spacial score (nSPS) is 11.0. The molecule has 9 heteroatoms. The molecule has 3 rings (SSSR count). The molecule has 1 amide bonds. The van der Waals surface area contributed by atoms with Crippen molar-refractivity contribution in [3.05, 3.63) is 59.4 Å². The Hall–Kier alpha value is -2.75. The zero-order chi connectivity index (χ0) is 19.9. The highest BCUT2D eigenvalue weighted by atomic mass is 32.2. The van der Waals surface area contributed by atoms with Crippen LogP contribution in [0.15, 0.2) is 47.8 Å². The lowest BCUT2D eigenvalue weighted by molar-refractivity contribution is -0.124. The summed E-state index contributed by atoms with van der Waals surface area (Å²) < 4.78 is 0.